The van der Waals surface area contributed by atoms with E-state index in [0.717, 1.165) is 33.2 Å². The number of hydrogen-bond donors (Lipinski definition) is 2. The van der Waals surface area contributed by atoms with Crippen LogP contribution in [0.25, 0.3) is 10.4 Å². The third kappa shape index (κ3) is 4.91. The SMILES string of the molecule is COc1ccc(-c2ccc(S(=O)NN3CCC(CC(=O)O)CC3)s2)cc1. The Morgan fingerprint density at radius 3 is 2.58 bits per heavy atom. The van der Waals surface area contributed by atoms with Gasteiger partial charge < -0.3 is 9.84 Å². The third-order valence-corrected chi connectivity index (χ3v) is 6.99. The van der Waals surface area contributed by atoms with E-state index in [2.05, 4.69) is 4.83 Å². The lowest BCUT2D eigenvalue weighted by atomic mass is 9.94. The van der Waals surface area contributed by atoms with Crippen molar-refractivity contribution in [3.63, 3.8) is 0 Å². The van der Waals surface area contributed by atoms with Crippen molar-refractivity contribution in [3.05, 3.63) is 36.4 Å². The first-order valence-electron chi connectivity index (χ1n) is 8.44. The number of carbonyl (C=O) groups is 1. The first-order chi connectivity index (χ1) is 12.5. The molecule has 0 amide bonds. The molecule has 1 aromatic carbocycles. The molecule has 6 nitrogen and oxygen atoms in total. The molecule has 1 fully saturated rings. The number of carboxylic acids is 1. The summed E-state index contributed by atoms with van der Waals surface area (Å²) in [6.45, 7) is 1.42. The Hall–Kier alpha value is -1.74. The molecule has 2 N–H and O–H groups in total. The predicted molar refractivity (Wildman–Crippen MR) is 102 cm³/mol. The smallest absolute Gasteiger partial charge is 0.303 e. The minimum absolute atomic E-state index is 0.211. The molecular weight excluding hydrogens is 372 g/mol. The molecular formula is C18H22N2O4S2. The number of aliphatic carboxylic acids is 1. The number of hydrazine groups is 1. The molecule has 0 saturated carbocycles. The maximum absolute atomic E-state index is 12.6. The van der Waals surface area contributed by atoms with E-state index in [-0.39, 0.29) is 12.3 Å². The van der Waals surface area contributed by atoms with Gasteiger partial charge in [0.25, 0.3) is 0 Å². The van der Waals surface area contributed by atoms with Gasteiger partial charge in [-0.05, 0) is 60.7 Å². The second kappa shape index (κ2) is 8.77. The largest absolute Gasteiger partial charge is 0.497 e. The van der Waals surface area contributed by atoms with Crippen molar-refractivity contribution in [3.8, 4) is 16.2 Å². The third-order valence-electron chi connectivity index (χ3n) is 4.43. The highest BCUT2D eigenvalue weighted by Crippen LogP contribution is 2.31. The van der Waals surface area contributed by atoms with Crippen LogP contribution in [0.2, 0.25) is 0 Å². The molecule has 2 heterocycles. The van der Waals surface area contributed by atoms with Crippen LogP contribution in [-0.4, -0.2) is 40.5 Å². The van der Waals surface area contributed by atoms with Crippen molar-refractivity contribution in [1.82, 2.24) is 9.84 Å². The topological polar surface area (TPSA) is 78.9 Å². The minimum Gasteiger partial charge on any atom is -0.497 e. The normalized spacial score (nSPS) is 17.1. The molecule has 26 heavy (non-hydrogen) atoms. The Morgan fingerprint density at radius 2 is 1.96 bits per heavy atom. The summed E-state index contributed by atoms with van der Waals surface area (Å²) >= 11 is 1.50. The average molecular weight is 395 g/mol. The molecule has 3 rings (SSSR count). The summed E-state index contributed by atoms with van der Waals surface area (Å²) in [4.78, 5) is 14.9. The number of rotatable bonds is 7. The van der Waals surface area contributed by atoms with Gasteiger partial charge in [-0.1, -0.05) is 0 Å². The van der Waals surface area contributed by atoms with E-state index in [1.807, 2.05) is 41.4 Å². The summed E-state index contributed by atoms with van der Waals surface area (Å²) in [6.07, 6.45) is 1.82. The van der Waals surface area contributed by atoms with E-state index in [0.29, 0.717) is 13.1 Å². The van der Waals surface area contributed by atoms with Crippen LogP contribution in [0.4, 0.5) is 0 Å². The van der Waals surface area contributed by atoms with E-state index >= 15 is 0 Å². The molecule has 0 spiro atoms. The lowest BCUT2D eigenvalue weighted by molar-refractivity contribution is -0.138. The van der Waals surface area contributed by atoms with Crippen LogP contribution in [-0.2, 0) is 15.8 Å². The average Bonchev–Trinajstić information content (AvgIpc) is 3.13. The van der Waals surface area contributed by atoms with Gasteiger partial charge in [-0.15, -0.1) is 11.3 Å². The number of carboxylic acid groups (broad SMARTS) is 1. The molecule has 140 valence electrons. The van der Waals surface area contributed by atoms with E-state index in [1.54, 1.807) is 7.11 Å². The number of piperidine rings is 1. The molecule has 0 aliphatic carbocycles. The Kier molecular flexibility index (Phi) is 6.42. The minimum atomic E-state index is -1.31. The number of hydrogen-bond acceptors (Lipinski definition) is 5. The number of methoxy groups -OCH3 is 1. The molecule has 1 aliphatic heterocycles. The first kappa shape index (κ1) is 19.0. The van der Waals surface area contributed by atoms with Crippen LogP contribution in [0.1, 0.15) is 19.3 Å². The molecule has 0 bridgehead atoms. The van der Waals surface area contributed by atoms with E-state index < -0.39 is 17.0 Å². The summed E-state index contributed by atoms with van der Waals surface area (Å²) < 4.78 is 18.5. The van der Waals surface area contributed by atoms with E-state index in [9.17, 15) is 9.00 Å². The summed E-state index contributed by atoms with van der Waals surface area (Å²) in [5.41, 5.74) is 1.06. The Bertz CT molecular complexity index is 768. The fourth-order valence-corrected chi connectivity index (χ4v) is 5.09. The van der Waals surface area contributed by atoms with Crippen molar-refractivity contribution in [2.75, 3.05) is 20.2 Å². The van der Waals surface area contributed by atoms with Crippen LogP contribution < -0.4 is 9.57 Å². The van der Waals surface area contributed by atoms with Crippen molar-refractivity contribution in [2.24, 2.45) is 5.92 Å². The van der Waals surface area contributed by atoms with Gasteiger partial charge in [0, 0.05) is 24.4 Å². The summed E-state index contributed by atoms with van der Waals surface area (Å²) in [6, 6.07) is 11.6. The number of nitrogens with one attached hydrogen (secondary N) is 1. The highest BCUT2D eigenvalue weighted by atomic mass is 32.2. The fourth-order valence-electron chi connectivity index (χ4n) is 2.97. The fraction of sp³-hybridized carbons (Fsp3) is 0.389. The second-order valence-electron chi connectivity index (χ2n) is 6.24. The zero-order chi connectivity index (χ0) is 18.5. The van der Waals surface area contributed by atoms with Crippen LogP contribution in [0.15, 0.2) is 40.6 Å². The van der Waals surface area contributed by atoms with E-state index in [1.165, 1.54) is 11.3 Å². The van der Waals surface area contributed by atoms with Gasteiger partial charge in [-0.3, -0.25) is 4.79 Å². The van der Waals surface area contributed by atoms with Crippen LogP contribution in [0, 0.1) is 5.92 Å². The molecule has 1 saturated heterocycles. The highest BCUT2D eigenvalue weighted by Gasteiger charge is 2.22. The van der Waals surface area contributed by atoms with Crippen molar-refractivity contribution >= 4 is 28.3 Å². The second-order valence-corrected chi connectivity index (χ2v) is 8.74. The zero-order valence-corrected chi connectivity index (χ0v) is 16.1. The number of ether oxygens (including phenoxy) is 1. The van der Waals surface area contributed by atoms with Crippen LogP contribution in [0.5, 0.6) is 5.75 Å². The zero-order valence-electron chi connectivity index (χ0n) is 14.5. The van der Waals surface area contributed by atoms with E-state index in [4.69, 9.17) is 9.84 Å². The summed E-state index contributed by atoms with van der Waals surface area (Å²) in [7, 11) is 0.328. The van der Waals surface area contributed by atoms with Gasteiger partial charge in [-0.25, -0.2) is 9.22 Å². The quantitative estimate of drug-likeness (QED) is 0.754. The monoisotopic (exact) mass is 394 g/mol. The standard InChI is InChI=1S/C18H22N2O4S2/c1-24-15-4-2-14(3-5-15)16-6-7-18(25-16)26(23)19-20-10-8-13(9-11-20)12-17(21)22/h2-7,13,19H,8-12H2,1H3,(H,21,22). The van der Waals surface area contributed by atoms with Gasteiger partial charge in [0.2, 0.25) is 0 Å². The van der Waals surface area contributed by atoms with Gasteiger partial charge >= 0.3 is 5.97 Å². The molecule has 8 heteroatoms. The summed E-state index contributed by atoms with van der Waals surface area (Å²) in [5.74, 6) is 0.272. The van der Waals surface area contributed by atoms with Gasteiger partial charge in [0.15, 0.2) is 0 Å². The van der Waals surface area contributed by atoms with Crippen molar-refractivity contribution in [1.29, 1.82) is 0 Å². The van der Waals surface area contributed by atoms with Crippen molar-refractivity contribution in [2.45, 2.75) is 23.5 Å². The molecule has 2 aromatic rings. The number of nitrogens with zero attached hydrogens (tertiary/aromatic N) is 1. The van der Waals surface area contributed by atoms with Gasteiger partial charge in [0.05, 0.1) is 7.11 Å². The van der Waals surface area contributed by atoms with Crippen LogP contribution in [0.3, 0.4) is 0 Å². The van der Waals surface area contributed by atoms with Crippen molar-refractivity contribution < 1.29 is 18.8 Å². The molecule has 0 radical (unpaired) electrons. The van der Waals surface area contributed by atoms with Gasteiger partial charge in [-0.2, -0.15) is 4.83 Å². The summed E-state index contributed by atoms with van der Waals surface area (Å²) in [5, 5.41) is 10.8. The van der Waals surface area contributed by atoms with Gasteiger partial charge in [0.1, 0.15) is 20.9 Å². The maximum Gasteiger partial charge on any atom is 0.303 e. The lowest BCUT2D eigenvalue weighted by Gasteiger charge is -2.30. The molecule has 1 aliphatic rings. The Morgan fingerprint density at radius 1 is 1.27 bits per heavy atom. The first-order valence-corrected chi connectivity index (χ1v) is 10.4. The maximum atomic E-state index is 12.6. The molecule has 1 aromatic heterocycles. The lowest BCUT2D eigenvalue weighted by Crippen LogP contribution is -2.44. The van der Waals surface area contributed by atoms with Crippen LogP contribution >= 0.6 is 11.3 Å². The highest BCUT2D eigenvalue weighted by molar-refractivity contribution is 7.85. The molecule has 1 atom stereocenters. The number of thiophene rings is 1. The Labute approximate surface area is 159 Å². The predicted octanol–water partition coefficient (Wildman–Crippen LogP) is 3.14. The molecule has 1 unspecified atom stereocenters. The Balaban J connectivity index is 1.56. The number of benzene rings is 1.